The smallest absolute Gasteiger partial charge is 0.334 e. The zero-order valence-corrected chi connectivity index (χ0v) is 7.84. The molecule has 7 nitrogen and oxygen atoms in total. The average Bonchev–Trinajstić information content (AvgIpc) is 2.16. The molecule has 0 heterocycles. The van der Waals surface area contributed by atoms with Gasteiger partial charge in [-0.2, -0.15) is 0 Å². The minimum absolute atomic E-state index is 0.160. The van der Waals surface area contributed by atoms with E-state index in [-0.39, 0.29) is 13.0 Å². The quantitative estimate of drug-likeness (QED) is 0.200. The van der Waals surface area contributed by atoms with Crippen LogP contribution in [0, 0.1) is 15.0 Å². The van der Waals surface area contributed by atoms with E-state index >= 15 is 0 Å². The molecule has 0 aromatic heterocycles. The molecule has 1 unspecified atom stereocenters. The van der Waals surface area contributed by atoms with Gasteiger partial charge in [-0.3, -0.25) is 10.1 Å². The molecule has 0 spiro atoms. The first kappa shape index (κ1) is 12.5. The van der Waals surface area contributed by atoms with E-state index < -0.39 is 16.9 Å². The van der Waals surface area contributed by atoms with Gasteiger partial charge in [0, 0.05) is 11.3 Å². The highest BCUT2D eigenvalue weighted by atomic mass is 16.6. The van der Waals surface area contributed by atoms with Crippen LogP contribution in [0.1, 0.15) is 19.3 Å². The van der Waals surface area contributed by atoms with Crippen molar-refractivity contribution in [2.24, 2.45) is 5.18 Å². The Labute approximate surface area is 80.6 Å². The van der Waals surface area contributed by atoms with E-state index in [0.29, 0.717) is 12.8 Å². The van der Waals surface area contributed by atoms with Crippen LogP contribution in [0.2, 0.25) is 0 Å². The predicted octanol–water partition coefficient (Wildman–Crippen LogP) is 0.741. The first-order valence-electron chi connectivity index (χ1n) is 4.14. The Kier molecular flexibility index (Phi) is 6.17. The maximum absolute atomic E-state index is 10.8. The maximum Gasteiger partial charge on any atom is 0.334 e. The van der Waals surface area contributed by atoms with Crippen LogP contribution >= 0.6 is 0 Å². The second-order valence-electron chi connectivity index (χ2n) is 2.70. The Morgan fingerprint density at radius 3 is 2.64 bits per heavy atom. The molecule has 80 valence electrons. The molecular formula is C7H12N2O5. The van der Waals surface area contributed by atoms with Gasteiger partial charge in [0.15, 0.2) is 6.04 Å². The van der Waals surface area contributed by atoms with Crippen LogP contribution in [0.5, 0.6) is 0 Å². The molecule has 0 bridgehead atoms. The van der Waals surface area contributed by atoms with E-state index in [9.17, 15) is 19.8 Å². The molecule has 0 radical (unpaired) electrons. The van der Waals surface area contributed by atoms with Crippen molar-refractivity contribution in [3.63, 3.8) is 0 Å². The molecule has 0 aliphatic carbocycles. The van der Waals surface area contributed by atoms with Gasteiger partial charge >= 0.3 is 5.97 Å². The number of hydrogen-bond donors (Lipinski definition) is 0. The Morgan fingerprint density at radius 2 is 2.21 bits per heavy atom. The van der Waals surface area contributed by atoms with Crippen molar-refractivity contribution in [3.8, 4) is 0 Å². The third-order valence-electron chi connectivity index (χ3n) is 1.67. The fourth-order valence-corrected chi connectivity index (χ4v) is 0.928. The van der Waals surface area contributed by atoms with Crippen LogP contribution in [-0.4, -0.2) is 30.6 Å². The molecule has 7 heteroatoms. The van der Waals surface area contributed by atoms with Gasteiger partial charge in [0.05, 0.1) is 7.11 Å². The number of nitrogens with zero attached hydrogens (tertiary/aromatic N) is 2. The summed E-state index contributed by atoms with van der Waals surface area (Å²) in [7, 11) is 1.16. The predicted molar refractivity (Wildman–Crippen MR) is 47.3 cm³/mol. The largest absolute Gasteiger partial charge is 0.467 e. The molecule has 0 saturated carbocycles. The van der Waals surface area contributed by atoms with E-state index in [4.69, 9.17) is 0 Å². The zero-order chi connectivity index (χ0) is 11.0. The van der Waals surface area contributed by atoms with Crippen LogP contribution < -0.4 is 0 Å². The van der Waals surface area contributed by atoms with Crippen molar-refractivity contribution in [1.82, 2.24) is 0 Å². The number of ether oxygens (including phenoxy) is 1. The zero-order valence-electron chi connectivity index (χ0n) is 7.84. The van der Waals surface area contributed by atoms with Crippen molar-refractivity contribution in [3.05, 3.63) is 15.0 Å². The highest BCUT2D eigenvalue weighted by Crippen LogP contribution is 2.06. The number of nitroso groups, excluding NO2 is 1. The summed E-state index contributed by atoms with van der Waals surface area (Å²) in [5.41, 5.74) is 0. The van der Waals surface area contributed by atoms with E-state index in [1.165, 1.54) is 0 Å². The summed E-state index contributed by atoms with van der Waals surface area (Å²) in [4.78, 5) is 30.5. The summed E-state index contributed by atoms with van der Waals surface area (Å²) in [5.74, 6) is -0.693. The van der Waals surface area contributed by atoms with E-state index in [1.807, 2.05) is 0 Å². The highest BCUT2D eigenvalue weighted by Gasteiger charge is 2.19. The van der Waals surface area contributed by atoms with Gasteiger partial charge < -0.3 is 4.74 Å². The van der Waals surface area contributed by atoms with Crippen molar-refractivity contribution in [1.29, 1.82) is 0 Å². The lowest BCUT2D eigenvalue weighted by Gasteiger charge is -2.04. The molecule has 0 N–H and O–H groups in total. The average molecular weight is 204 g/mol. The molecule has 0 aromatic carbocycles. The maximum atomic E-state index is 10.8. The summed E-state index contributed by atoms with van der Waals surface area (Å²) in [6.45, 7) is -0.160. The van der Waals surface area contributed by atoms with Gasteiger partial charge in [-0.25, -0.2) is 4.79 Å². The van der Waals surface area contributed by atoms with E-state index in [1.54, 1.807) is 0 Å². The lowest BCUT2D eigenvalue weighted by Crippen LogP contribution is -2.19. The molecule has 1 atom stereocenters. The van der Waals surface area contributed by atoms with Gasteiger partial charge in [0.25, 0.3) is 0 Å². The summed E-state index contributed by atoms with van der Waals surface area (Å²) in [5, 5.41) is 12.5. The molecule has 0 aromatic rings. The lowest BCUT2D eigenvalue weighted by molar-refractivity contribution is -0.480. The number of methoxy groups -OCH3 is 1. The molecule has 0 fully saturated rings. The summed E-state index contributed by atoms with van der Waals surface area (Å²) >= 11 is 0. The monoisotopic (exact) mass is 204 g/mol. The van der Waals surface area contributed by atoms with Gasteiger partial charge in [0.2, 0.25) is 6.54 Å². The molecule has 0 rings (SSSR count). The number of nitro groups is 1. The standard InChI is InChI=1S/C7H12N2O5/c1-14-7(10)6(8-11)4-2-3-5-9(12)13/h6H,2-5H2,1H3. The minimum atomic E-state index is -1.04. The minimum Gasteiger partial charge on any atom is -0.467 e. The van der Waals surface area contributed by atoms with Gasteiger partial charge in [-0.1, -0.05) is 5.18 Å². The number of rotatable bonds is 7. The van der Waals surface area contributed by atoms with Crippen molar-refractivity contribution in [2.45, 2.75) is 25.3 Å². The van der Waals surface area contributed by atoms with E-state index in [2.05, 4.69) is 9.91 Å². The first-order valence-corrected chi connectivity index (χ1v) is 4.14. The fourth-order valence-electron chi connectivity index (χ4n) is 0.928. The third-order valence-corrected chi connectivity index (χ3v) is 1.67. The van der Waals surface area contributed by atoms with Gasteiger partial charge in [-0.15, -0.1) is 4.91 Å². The second kappa shape index (κ2) is 6.93. The normalized spacial score (nSPS) is 11.8. The molecule has 0 saturated heterocycles. The fraction of sp³-hybridized carbons (Fsp3) is 0.857. The van der Waals surface area contributed by atoms with Crippen LogP contribution in [0.4, 0.5) is 0 Å². The molecule has 0 aliphatic heterocycles. The molecular weight excluding hydrogens is 192 g/mol. The number of carbonyl (C=O) groups is 1. The highest BCUT2D eigenvalue weighted by molar-refractivity contribution is 5.75. The lowest BCUT2D eigenvalue weighted by atomic mass is 10.1. The van der Waals surface area contributed by atoms with Crippen LogP contribution in [-0.2, 0) is 9.53 Å². The topological polar surface area (TPSA) is 98.9 Å². The Morgan fingerprint density at radius 1 is 1.57 bits per heavy atom. The Bertz CT molecular complexity index is 218. The number of unbranched alkanes of at least 4 members (excludes halogenated alkanes) is 1. The Balaban J connectivity index is 3.68. The van der Waals surface area contributed by atoms with Crippen molar-refractivity contribution in [2.75, 3.05) is 13.7 Å². The number of carbonyl (C=O) groups excluding carboxylic acids is 1. The van der Waals surface area contributed by atoms with Crippen molar-refractivity contribution >= 4 is 5.97 Å². The SMILES string of the molecule is COC(=O)C(CCCC[N+](=O)[O-])N=O. The first-order chi connectivity index (χ1) is 6.61. The van der Waals surface area contributed by atoms with E-state index in [0.717, 1.165) is 7.11 Å². The third kappa shape index (κ3) is 5.18. The molecule has 0 aliphatic rings. The van der Waals surface area contributed by atoms with Gasteiger partial charge in [0.1, 0.15) is 0 Å². The number of hydrogen-bond acceptors (Lipinski definition) is 6. The van der Waals surface area contributed by atoms with Gasteiger partial charge in [-0.05, 0) is 12.8 Å². The summed E-state index contributed by atoms with van der Waals surface area (Å²) in [6.07, 6.45) is 0.937. The molecule has 14 heavy (non-hydrogen) atoms. The summed E-state index contributed by atoms with van der Waals surface area (Å²) in [6, 6.07) is -1.04. The Hall–Kier alpha value is -1.53. The summed E-state index contributed by atoms with van der Waals surface area (Å²) < 4.78 is 4.31. The van der Waals surface area contributed by atoms with Crippen LogP contribution in [0.15, 0.2) is 5.18 Å². The van der Waals surface area contributed by atoms with Crippen LogP contribution in [0.3, 0.4) is 0 Å². The van der Waals surface area contributed by atoms with Crippen LogP contribution in [0.25, 0.3) is 0 Å². The number of esters is 1. The molecule has 0 amide bonds. The van der Waals surface area contributed by atoms with Crippen molar-refractivity contribution < 1.29 is 14.5 Å². The second-order valence-corrected chi connectivity index (χ2v) is 2.70.